The number of fused-ring (bicyclic) bond motifs is 1. The molecule has 0 bridgehead atoms. The Morgan fingerprint density at radius 3 is 2.81 bits per heavy atom. The van der Waals surface area contributed by atoms with E-state index in [2.05, 4.69) is 51.2 Å². The number of likely N-dealkylation sites (N-methyl/N-ethyl adjacent to an activating group) is 1. The summed E-state index contributed by atoms with van der Waals surface area (Å²) in [5, 5.41) is 4.79. The van der Waals surface area contributed by atoms with Gasteiger partial charge in [0.05, 0.1) is 0 Å². The Hall–Kier alpha value is -0.670. The van der Waals surface area contributed by atoms with Gasteiger partial charge in [-0.3, -0.25) is 4.79 Å². The molecule has 6 nitrogen and oxygen atoms in total. The van der Waals surface area contributed by atoms with Gasteiger partial charge in [0.1, 0.15) is 3.70 Å². The monoisotopic (exact) mass is 472 g/mol. The van der Waals surface area contributed by atoms with Gasteiger partial charge in [-0.05, 0) is 75.2 Å². The van der Waals surface area contributed by atoms with E-state index in [4.69, 9.17) is 9.84 Å². The number of ether oxygens (including phenoxy) is 1. The molecule has 0 N–H and O–H groups in total. The lowest BCUT2D eigenvalue weighted by Gasteiger charge is -2.30. The highest BCUT2D eigenvalue weighted by atomic mass is 127. The lowest BCUT2D eigenvalue weighted by atomic mass is 9.87. The van der Waals surface area contributed by atoms with E-state index in [0.717, 1.165) is 61.9 Å². The van der Waals surface area contributed by atoms with Crippen LogP contribution in [-0.2, 0) is 22.4 Å². The van der Waals surface area contributed by atoms with Gasteiger partial charge in [-0.1, -0.05) is 0 Å². The van der Waals surface area contributed by atoms with Crippen molar-refractivity contribution in [2.45, 2.75) is 57.2 Å². The van der Waals surface area contributed by atoms with E-state index in [9.17, 15) is 4.79 Å². The molecule has 1 amide bonds. The van der Waals surface area contributed by atoms with Crippen LogP contribution in [0, 0.1) is 9.62 Å². The molecule has 3 atom stereocenters. The Bertz CT molecular complexity index is 669. The maximum atomic E-state index is 13.1. The Labute approximate surface area is 169 Å². The van der Waals surface area contributed by atoms with Crippen LogP contribution in [0.5, 0.6) is 0 Å². The molecule has 3 aliphatic rings. The molecule has 7 heteroatoms. The predicted octanol–water partition coefficient (Wildman–Crippen LogP) is 2.45. The summed E-state index contributed by atoms with van der Waals surface area (Å²) in [4.78, 5) is 17.4. The van der Waals surface area contributed by atoms with Gasteiger partial charge in [-0.2, -0.15) is 5.10 Å². The molecule has 3 heterocycles. The first-order valence-corrected chi connectivity index (χ1v) is 10.9. The summed E-state index contributed by atoms with van der Waals surface area (Å²) in [7, 11) is 4.21. The summed E-state index contributed by atoms with van der Waals surface area (Å²) >= 11 is 2.34. The van der Waals surface area contributed by atoms with Gasteiger partial charge in [-0.15, -0.1) is 0 Å². The second kappa shape index (κ2) is 7.75. The summed E-state index contributed by atoms with van der Waals surface area (Å²) in [6.07, 6.45) is 7.22. The maximum Gasteiger partial charge on any atom is 0.226 e. The molecule has 2 unspecified atom stereocenters. The van der Waals surface area contributed by atoms with Gasteiger partial charge in [0.25, 0.3) is 0 Å². The van der Waals surface area contributed by atoms with Crippen LogP contribution >= 0.6 is 22.6 Å². The Morgan fingerprint density at radius 2 is 2.12 bits per heavy atom. The van der Waals surface area contributed by atoms with Crippen LogP contribution in [0.1, 0.15) is 49.6 Å². The number of rotatable bonds is 3. The van der Waals surface area contributed by atoms with Gasteiger partial charge in [-0.25, -0.2) is 4.68 Å². The summed E-state index contributed by atoms with van der Waals surface area (Å²) < 4.78 is 9.16. The molecule has 1 aromatic heterocycles. The number of carbonyl (C=O) groups is 1. The number of hydrogen-bond acceptors (Lipinski definition) is 4. The summed E-state index contributed by atoms with van der Waals surface area (Å²) in [5.74, 6) is 0.436. The number of carbonyl (C=O) groups excluding carboxylic acids is 1. The third-order valence-electron chi connectivity index (χ3n) is 6.24. The van der Waals surface area contributed by atoms with Crippen LogP contribution in [-0.4, -0.2) is 65.3 Å². The van der Waals surface area contributed by atoms with Crippen molar-refractivity contribution >= 4 is 28.5 Å². The molecule has 0 saturated carbocycles. The first-order valence-electron chi connectivity index (χ1n) is 9.87. The van der Waals surface area contributed by atoms with E-state index < -0.39 is 0 Å². The van der Waals surface area contributed by atoms with Crippen LogP contribution in [0.4, 0.5) is 0 Å². The zero-order valence-electron chi connectivity index (χ0n) is 15.8. The van der Waals surface area contributed by atoms with Crippen LogP contribution < -0.4 is 0 Å². The molecule has 144 valence electrons. The number of aromatic nitrogens is 2. The number of halogens is 1. The first kappa shape index (κ1) is 18.7. The van der Waals surface area contributed by atoms with Crippen LogP contribution in [0.15, 0.2) is 0 Å². The molecule has 2 fully saturated rings. The largest absolute Gasteiger partial charge is 0.357 e. The van der Waals surface area contributed by atoms with Gasteiger partial charge >= 0.3 is 0 Å². The van der Waals surface area contributed by atoms with Crippen LogP contribution in [0.2, 0.25) is 0 Å². The second-order valence-electron chi connectivity index (χ2n) is 8.11. The molecule has 0 aromatic carbocycles. The van der Waals surface area contributed by atoms with Crippen molar-refractivity contribution in [3.63, 3.8) is 0 Å². The summed E-state index contributed by atoms with van der Waals surface area (Å²) in [6, 6.07) is 0.500. The average Bonchev–Trinajstić information content (AvgIpc) is 3.27. The van der Waals surface area contributed by atoms with E-state index in [-0.39, 0.29) is 12.1 Å². The topological polar surface area (TPSA) is 50.6 Å². The number of amides is 1. The summed E-state index contributed by atoms with van der Waals surface area (Å²) in [5.41, 5.74) is 2.59. The van der Waals surface area contributed by atoms with E-state index in [1.165, 1.54) is 17.7 Å². The molecule has 0 spiro atoms. The van der Waals surface area contributed by atoms with Crippen molar-refractivity contribution in [3.8, 4) is 0 Å². The SMILES string of the molecule is CN(C)[C@@H]1CCN(C(=O)C2CCc3c(I)nn(C4CCCCO4)c3C2)C1. The number of likely N-dealkylation sites (tertiary alicyclic amines) is 1. The zero-order valence-corrected chi connectivity index (χ0v) is 17.9. The predicted molar refractivity (Wildman–Crippen MR) is 108 cm³/mol. The zero-order chi connectivity index (χ0) is 18.3. The van der Waals surface area contributed by atoms with Crippen molar-refractivity contribution in [3.05, 3.63) is 15.0 Å². The van der Waals surface area contributed by atoms with Crippen molar-refractivity contribution < 1.29 is 9.53 Å². The minimum atomic E-state index is 0.0553. The summed E-state index contributed by atoms with van der Waals surface area (Å²) in [6.45, 7) is 2.59. The molecule has 2 aliphatic heterocycles. The smallest absolute Gasteiger partial charge is 0.226 e. The minimum absolute atomic E-state index is 0.0553. The fourth-order valence-corrected chi connectivity index (χ4v) is 5.39. The molecule has 4 rings (SSSR count). The van der Waals surface area contributed by atoms with Crippen LogP contribution in [0.25, 0.3) is 0 Å². The lowest BCUT2D eigenvalue weighted by molar-refractivity contribution is -0.135. The Kier molecular flexibility index (Phi) is 5.57. The van der Waals surface area contributed by atoms with Gasteiger partial charge in [0, 0.05) is 49.3 Å². The third-order valence-corrected chi connectivity index (χ3v) is 7.10. The van der Waals surface area contributed by atoms with Crippen molar-refractivity contribution in [2.75, 3.05) is 33.8 Å². The maximum absolute atomic E-state index is 13.1. The van der Waals surface area contributed by atoms with Crippen molar-refractivity contribution in [1.29, 1.82) is 0 Å². The molecule has 1 aromatic rings. The van der Waals surface area contributed by atoms with Gasteiger partial charge < -0.3 is 14.5 Å². The fraction of sp³-hybridized carbons (Fsp3) is 0.789. The lowest BCUT2D eigenvalue weighted by Crippen LogP contribution is -2.39. The van der Waals surface area contributed by atoms with Crippen molar-refractivity contribution in [2.24, 2.45) is 5.92 Å². The molecule has 26 heavy (non-hydrogen) atoms. The molecular formula is C19H29IN4O2. The van der Waals surface area contributed by atoms with Crippen molar-refractivity contribution in [1.82, 2.24) is 19.6 Å². The van der Waals surface area contributed by atoms with Crippen LogP contribution in [0.3, 0.4) is 0 Å². The molecule has 0 radical (unpaired) electrons. The highest BCUT2D eigenvalue weighted by molar-refractivity contribution is 14.1. The normalized spacial score (nSPS) is 29.2. The van der Waals surface area contributed by atoms with E-state index in [1.807, 2.05) is 0 Å². The van der Waals surface area contributed by atoms with E-state index in [0.29, 0.717) is 11.9 Å². The Morgan fingerprint density at radius 1 is 1.27 bits per heavy atom. The Balaban J connectivity index is 1.49. The first-order chi connectivity index (χ1) is 12.5. The van der Waals surface area contributed by atoms with E-state index >= 15 is 0 Å². The highest BCUT2D eigenvalue weighted by Crippen LogP contribution is 2.34. The molecule has 2 saturated heterocycles. The third kappa shape index (κ3) is 3.54. The highest BCUT2D eigenvalue weighted by Gasteiger charge is 2.36. The standard InChI is InChI=1S/C19H29IN4O2/c1-22(2)14-8-9-23(12-14)19(25)13-6-7-15-16(11-13)24(21-18(15)20)17-5-3-4-10-26-17/h13-14,17H,3-12H2,1-2H3/t13?,14-,17?/m1/s1. The minimum Gasteiger partial charge on any atom is -0.357 e. The van der Waals surface area contributed by atoms with Gasteiger partial charge in [0.2, 0.25) is 5.91 Å². The molecule has 1 aliphatic carbocycles. The quantitative estimate of drug-likeness (QED) is 0.635. The fourth-order valence-electron chi connectivity index (χ4n) is 4.58. The molecular weight excluding hydrogens is 443 g/mol. The number of hydrogen-bond donors (Lipinski definition) is 0. The number of nitrogens with zero attached hydrogens (tertiary/aromatic N) is 4. The van der Waals surface area contributed by atoms with E-state index in [1.54, 1.807) is 0 Å². The second-order valence-corrected chi connectivity index (χ2v) is 9.13. The van der Waals surface area contributed by atoms with Gasteiger partial charge in [0.15, 0.2) is 6.23 Å². The average molecular weight is 472 g/mol.